The maximum atomic E-state index is 11.0. The Morgan fingerprint density at radius 1 is 1.17 bits per heavy atom. The number of morpholine rings is 1. The van der Waals surface area contributed by atoms with Gasteiger partial charge in [0.1, 0.15) is 0 Å². The second-order valence-electron chi connectivity index (χ2n) is 6.41. The summed E-state index contributed by atoms with van der Waals surface area (Å²) >= 11 is 1.57. The largest absolute Gasteiger partial charge is 0.545 e. The van der Waals surface area contributed by atoms with Crippen molar-refractivity contribution in [3.05, 3.63) is 65.0 Å². The molecule has 7 nitrogen and oxygen atoms in total. The van der Waals surface area contributed by atoms with E-state index in [9.17, 15) is 9.90 Å². The molecule has 0 aliphatic carbocycles. The zero-order valence-electron chi connectivity index (χ0n) is 15.6. The van der Waals surface area contributed by atoms with Gasteiger partial charge < -0.3 is 19.5 Å². The molecule has 1 aliphatic rings. The first kappa shape index (κ1) is 19.1. The summed E-state index contributed by atoms with van der Waals surface area (Å²) in [6.07, 6.45) is 1.72. The predicted octanol–water partition coefficient (Wildman–Crippen LogP) is 2.46. The number of aromatic carboxylic acids is 1. The van der Waals surface area contributed by atoms with Crippen LogP contribution in [0.3, 0.4) is 0 Å². The maximum Gasteiger partial charge on any atom is 0.186 e. The van der Waals surface area contributed by atoms with Gasteiger partial charge in [0.05, 0.1) is 41.7 Å². The molecule has 1 fully saturated rings. The van der Waals surface area contributed by atoms with Crippen LogP contribution < -0.4 is 15.4 Å². The van der Waals surface area contributed by atoms with Crippen molar-refractivity contribution in [3.63, 3.8) is 0 Å². The van der Waals surface area contributed by atoms with E-state index in [1.54, 1.807) is 29.7 Å². The lowest BCUT2D eigenvalue weighted by Gasteiger charge is -2.26. The summed E-state index contributed by atoms with van der Waals surface area (Å²) in [7, 11) is 0. The number of carbonyl (C=O) groups excluding carboxylic acids is 1. The van der Waals surface area contributed by atoms with Crippen LogP contribution in [0.2, 0.25) is 0 Å². The first-order valence-electron chi connectivity index (χ1n) is 9.20. The van der Waals surface area contributed by atoms with E-state index in [4.69, 9.17) is 9.72 Å². The summed E-state index contributed by atoms with van der Waals surface area (Å²) in [5.41, 5.74) is 5.43. The molecule has 0 atom stereocenters. The van der Waals surface area contributed by atoms with Gasteiger partial charge in [-0.25, -0.2) is 4.98 Å². The van der Waals surface area contributed by atoms with Gasteiger partial charge in [-0.15, -0.1) is 0 Å². The fourth-order valence-corrected chi connectivity index (χ4v) is 3.99. The number of carboxylic acid groups (broad SMARTS) is 1. The van der Waals surface area contributed by atoms with E-state index in [0.717, 1.165) is 34.4 Å². The molecule has 2 aromatic carbocycles. The van der Waals surface area contributed by atoms with Crippen molar-refractivity contribution in [1.29, 1.82) is 0 Å². The minimum atomic E-state index is -1.22. The lowest BCUT2D eigenvalue weighted by Crippen LogP contribution is -2.36. The number of thiazole rings is 1. The third-order valence-corrected chi connectivity index (χ3v) is 5.50. The quantitative estimate of drug-likeness (QED) is 0.499. The van der Waals surface area contributed by atoms with Crippen molar-refractivity contribution >= 4 is 34.3 Å². The molecule has 2 heterocycles. The van der Waals surface area contributed by atoms with Gasteiger partial charge in [0, 0.05) is 18.7 Å². The number of ether oxygens (including phenoxy) is 1. The Balaban J connectivity index is 1.59. The van der Waals surface area contributed by atoms with Gasteiger partial charge in [0.2, 0.25) is 0 Å². The maximum absolute atomic E-state index is 11.0. The van der Waals surface area contributed by atoms with Crippen LogP contribution in [0.25, 0.3) is 11.3 Å². The molecular formula is C21H19N4O3S-. The zero-order valence-corrected chi connectivity index (χ0v) is 16.4. The van der Waals surface area contributed by atoms with Crippen LogP contribution in [0.5, 0.6) is 0 Å². The van der Waals surface area contributed by atoms with Crippen molar-refractivity contribution in [3.8, 4) is 11.3 Å². The van der Waals surface area contributed by atoms with E-state index in [1.165, 1.54) is 12.1 Å². The molecule has 0 bridgehead atoms. The second kappa shape index (κ2) is 8.85. The highest BCUT2D eigenvalue weighted by molar-refractivity contribution is 7.17. The molecule has 29 heavy (non-hydrogen) atoms. The number of benzene rings is 2. The van der Waals surface area contributed by atoms with E-state index in [1.807, 2.05) is 30.3 Å². The Bertz CT molecular complexity index is 1010. The average molecular weight is 407 g/mol. The Morgan fingerprint density at radius 2 is 1.97 bits per heavy atom. The predicted molar refractivity (Wildman–Crippen MR) is 113 cm³/mol. The van der Waals surface area contributed by atoms with Crippen LogP contribution in [0.1, 0.15) is 15.2 Å². The van der Waals surface area contributed by atoms with Crippen LogP contribution in [0.15, 0.2) is 59.7 Å². The number of rotatable bonds is 6. The normalized spacial score (nSPS) is 14.3. The third kappa shape index (κ3) is 4.61. The number of hydrogen-bond acceptors (Lipinski definition) is 8. The molecule has 8 heteroatoms. The monoisotopic (exact) mass is 407 g/mol. The van der Waals surface area contributed by atoms with Crippen molar-refractivity contribution in [2.45, 2.75) is 0 Å². The number of carbonyl (C=O) groups is 1. The number of nitrogens with zero attached hydrogens (tertiary/aromatic N) is 3. The number of nitrogens with one attached hydrogen (secondary N) is 1. The van der Waals surface area contributed by atoms with E-state index in [-0.39, 0.29) is 5.56 Å². The van der Waals surface area contributed by atoms with E-state index in [2.05, 4.69) is 15.4 Å². The molecular weight excluding hydrogens is 388 g/mol. The van der Waals surface area contributed by atoms with Gasteiger partial charge >= 0.3 is 0 Å². The minimum absolute atomic E-state index is 0.0996. The SMILES string of the molecule is O=C([O-])c1cccc(N/N=C\c2sc(N3CCOCC3)nc2-c2ccccc2)c1. The van der Waals surface area contributed by atoms with E-state index < -0.39 is 5.97 Å². The van der Waals surface area contributed by atoms with E-state index >= 15 is 0 Å². The molecule has 148 valence electrons. The number of hydrazone groups is 1. The highest BCUT2D eigenvalue weighted by atomic mass is 32.1. The van der Waals surface area contributed by atoms with Gasteiger partial charge in [0.15, 0.2) is 5.13 Å². The smallest absolute Gasteiger partial charge is 0.186 e. The van der Waals surface area contributed by atoms with E-state index in [0.29, 0.717) is 18.9 Å². The van der Waals surface area contributed by atoms with Crippen LogP contribution in [-0.4, -0.2) is 43.5 Å². The molecule has 1 aromatic heterocycles. The Morgan fingerprint density at radius 3 is 2.72 bits per heavy atom. The van der Waals surface area contributed by atoms with Crippen molar-refractivity contribution < 1.29 is 14.6 Å². The van der Waals surface area contributed by atoms with Gasteiger partial charge in [-0.3, -0.25) is 5.43 Å². The lowest BCUT2D eigenvalue weighted by molar-refractivity contribution is -0.255. The molecule has 1 saturated heterocycles. The summed E-state index contributed by atoms with van der Waals surface area (Å²) < 4.78 is 5.44. The number of hydrogen-bond donors (Lipinski definition) is 1. The molecule has 0 saturated carbocycles. The second-order valence-corrected chi connectivity index (χ2v) is 7.42. The summed E-state index contributed by atoms with van der Waals surface area (Å²) in [5.74, 6) is -1.22. The van der Waals surface area contributed by atoms with Crippen molar-refractivity contribution in [2.75, 3.05) is 36.6 Å². The first-order chi connectivity index (χ1) is 14.2. The lowest BCUT2D eigenvalue weighted by atomic mass is 10.1. The summed E-state index contributed by atoms with van der Waals surface area (Å²) in [6, 6.07) is 16.3. The van der Waals surface area contributed by atoms with Crippen molar-refractivity contribution in [1.82, 2.24) is 4.98 Å². The molecule has 0 amide bonds. The standard InChI is InChI=1S/C21H20N4O3S/c26-20(27)16-7-4-8-17(13-16)24-22-14-18-19(15-5-2-1-3-6-15)23-21(29-18)25-9-11-28-12-10-25/h1-8,13-14,24H,9-12H2,(H,26,27)/p-1/b22-14-. The zero-order chi connectivity index (χ0) is 20.1. The fraction of sp³-hybridized carbons (Fsp3) is 0.190. The summed E-state index contributed by atoms with van der Waals surface area (Å²) in [6.45, 7) is 3.01. The van der Waals surface area contributed by atoms with Gasteiger partial charge in [-0.2, -0.15) is 5.10 Å². The third-order valence-electron chi connectivity index (χ3n) is 4.44. The molecule has 0 spiro atoms. The average Bonchev–Trinajstić information content (AvgIpc) is 3.19. The topological polar surface area (TPSA) is 89.9 Å². The highest BCUT2D eigenvalue weighted by Crippen LogP contribution is 2.32. The molecule has 0 radical (unpaired) electrons. The van der Waals surface area contributed by atoms with Crippen LogP contribution in [-0.2, 0) is 4.74 Å². The highest BCUT2D eigenvalue weighted by Gasteiger charge is 2.18. The van der Waals surface area contributed by atoms with Crippen LogP contribution >= 0.6 is 11.3 Å². The first-order valence-corrected chi connectivity index (χ1v) is 10.0. The molecule has 0 unspecified atom stereocenters. The number of carboxylic acids is 1. The van der Waals surface area contributed by atoms with Crippen LogP contribution in [0, 0.1) is 0 Å². The summed E-state index contributed by atoms with van der Waals surface area (Å²) in [4.78, 5) is 19.0. The van der Waals surface area contributed by atoms with Gasteiger partial charge in [-0.1, -0.05) is 53.8 Å². The van der Waals surface area contributed by atoms with Gasteiger partial charge in [0.25, 0.3) is 0 Å². The molecule has 3 aromatic rings. The van der Waals surface area contributed by atoms with Crippen LogP contribution in [0.4, 0.5) is 10.8 Å². The molecule has 1 aliphatic heterocycles. The number of aromatic nitrogens is 1. The molecule has 1 N–H and O–H groups in total. The number of anilines is 2. The Hall–Kier alpha value is -3.23. The van der Waals surface area contributed by atoms with Crippen molar-refractivity contribution in [2.24, 2.45) is 5.10 Å². The summed E-state index contributed by atoms with van der Waals surface area (Å²) in [5, 5.41) is 16.2. The molecule has 4 rings (SSSR count). The Labute approximate surface area is 172 Å². The minimum Gasteiger partial charge on any atom is -0.545 e. The fourth-order valence-electron chi connectivity index (χ4n) is 2.98. The van der Waals surface area contributed by atoms with Gasteiger partial charge in [-0.05, 0) is 17.7 Å². The Kier molecular flexibility index (Phi) is 5.83.